The van der Waals surface area contributed by atoms with Gasteiger partial charge < -0.3 is 8.83 Å². The standard InChI is InChI=1S/C66H42O2/c1-5-21-47(22-6-1)58-61-57(49-39-35-45(36-40-49)55-33-17-29-43-19-13-15-31-53(43)55)62-59(48-23-7-2-8-24-48)64(52-27-11-4-12-28-52)68-66(62)60(65(61)67-63(58)51-25-9-3-10-26-51)50-41-37-46(38-42-50)56-34-18-30-44-20-14-16-32-54(44)56/h1-42H. The van der Waals surface area contributed by atoms with Crippen molar-refractivity contribution in [1.29, 1.82) is 0 Å². The van der Waals surface area contributed by atoms with Crippen LogP contribution in [0.5, 0.6) is 0 Å². The maximum absolute atomic E-state index is 7.51. The number of benzene rings is 11. The highest BCUT2D eigenvalue weighted by atomic mass is 16.3. The van der Waals surface area contributed by atoms with E-state index in [2.05, 4.69) is 255 Å². The summed E-state index contributed by atoms with van der Waals surface area (Å²) in [5.74, 6) is 1.62. The van der Waals surface area contributed by atoms with E-state index in [0.29, 0.717) is 0 Å². The molecule has 11 aromatic carbocycles. The van der Waals surface area contributed by atoms with Crippen LogP contribution in [0, 0.1) is 0 Å². The van der Waals surface area contributed by atoms with Crippen LogP contribution < -0.4 is 0 Å². The molecule has 68 heavy (non-hydrogen) atoms. The zero-order chi connectivity index (χ0) is 45.0. The van der Waals surface area contributed by atoms with Gasteiger partial charge in [0.1, 0.15) is 22.7 Å². The van der Waals surface area contributed by atoms with Gasteiger partial charge in [0.05, 0.1) is 5.56 Å². The van der Waals surface area contributed by atoms with E-state index in [9.17, 15) is 0 Å². The van der Waals surface area contributed by atoms with E-state index >= 15 is 0 Å². The summed E-state index contributed by atoms with van der Waals surface area (Å²) in [4.78, 5) is 0. The number of hydrogen-bond donors (Lipinski definition) is 0. The Kier molecular flexibility index (Phi) is 9.54. The van der Waals surface area contributed by atoms with Crippen LogP contribution in [-0.2, 0) is 0 Å². The van der Waals surface area contributed by atoms with Crippen LogP contribution in [-0.4, -0.2) is 0 Å². The zero-order valence-corrected chi connectivity index (χ0v) is 37.1. The van der Waals surface area contributed by atoms with Gasteiger partial charge in [0, 0.05) is 38.6 Å². The number of fused-ring (bicyclic) bond motifs is 4. The second-order valence-corrected chi connectivity index (χ2v) is 17.4. The van der Waals surface area contributed by atoms with Gasteiger partial charge in [-0.25, -0.2) is 0 Å². The summed E-state index contributed by atoms with van der Waals surface area (Å²) in [5, 5.41) is 6.95. The van der Waals surface area contributed by atoms with Gasteiger partial charge in [-0.1, -0.05) is 255 Å². The van der Waals surface area contributed by atoms with Gasteiger partial charge in [-0.3, -0.25) is 0 Å². The molecule has 2 aromatic heterocycles. The third kappa shape index (κ3) is 6.57. The van der Waals surface area contributed by atoms with E-state index < -0.39 is 0 Å². The molecule has 0 fully saturated rings. The Labute approximate surface area is 394 Å². The first-order valence-corrected chi connectivity index (χ1v) is 23.2. The Balaban J connectivity index is 1.18. The van der Waals surface area contributed by atoms with Gasteiger partial charge in [0.2, 0.25) is 0 Å². The average molecular weight is 867 g/mol. The zero-order valence-electron chi connectivity index (χ0n) is 37.1. The molecule has 0 bridgehead atoms. The summed E-state index contributed by atoms with van der Waals surface area (Å²) >= 11 is 0. The van der Waals surface area contributed by atoms with Crippen molar-refractivity contribution in [2.75, 3.05) is 0 Å². The summed E-state index contributed by atoms with van der Waals surface area (Å²) in [6.45, 7) is 0. The predicted octanol–water partition coefficient (Wildman–Crippen LogP) is 18.8. The first-order chi connectivity index (χ1) is 33.8. The number of rotatable bonds is 8. The molecule has 318 valence electrons. The Morgan fingerprint density at radius 2 is 0.515 bits per heavy atom. The highest BCUT2D eigenvalue weighted by molar-refractivity contribution is 6.28. The van der Waals surface area contributed by atoms with Crippen LogP contribution in [0.15, 0.2) is 264 Å². The van der Waals surface area contributed by atoms with Gasteiger partial charge in [-0.2, -0.15) is 0 Å². The first kappa shape index (κ1) is 39.4. The Morgan fingerprint density at radius 3 is 0.926 bits per heavy atom. The van der Waals surface area contributed by atoms with Crippen LogP contribution in [0.4, 0.5) is 0 Å². The summed E-state index contributed by atoms with van der Waals surface area (Å²) in [6.07, 6.45) is 0. The van der Waals surface area contributed by atoms with E-state index in [0.717, 1.165) is 100 Å². The van der Waals surface area contributed by atoms with Crippen LogP contribution >= 0.6 is 0 Å². The maximum atomic E-state index is 7.51. The third-order valence-electron chi connectivity index (χ3n) is 13.5. The van der Waals surface area contributed by atoms with Crippen molar-refractivity contribution in [2.45, 2.75) is 0 Å². The molecule has 2 heterocycles. The molecular weight excluding hydrogens is 825 g/mol. The van der Waals surface area contributed by atoms with E-state index in [4.69, 9.17) is 8.83 Å². The van der Waals surface area contributed by atoms with Crippen molar-refractivity contribution in [3.63, 3.8) is 0 Å². The minimum absolute atomic E-state index is 0.772. The fourth-order valence-corrected chi connectivity index (χ4v) is 10.4. The lowest BCUT2D eigenvalue weighted by Gasteiger charge is -2.15. The van der Waals surface area contributed by atoms with Crippen molar-refractivity contribution in [1.82, 2.24) is 0 Å². The molecule has 2 nitrogen and oxygen atoms in total. The predicted molar refractivity (Wildman–Crippen MR) is 284 cm³/mol. The van der Waals surface area contributed by atoms with E-state index in [1.165, 1.54) is 32.7 Å². The van der Waals surface area contributed by atoms with Crippen LogP contribution in [0.25, 0.3) is 133 Å². The molecule has 0 aliphatic heterocycles. The second kappa shape index (κ2) is 16.5. The minimum atomic E-state index is 0.772. The molecule has 0 atom stereocenters. The van der Waals surface area contributed by atoms with Gasteiger partial charge >= 0.3 is 0 Å². The molecule has 0 N–H and O–H groups in total. The monoisotopic (exact) mass is 866 g/mol. The molecule has 13 rings (SSSR count). The van der Waals surface area contributed by atoms with Crippen LogP contribution in [0.2, 0.25) is 0 Å². The van der Waals surface area contributed by atoms with Crippen molar-refractivity contribution >= 4 is 43.5 Å². The molecule has 0 aliphatic rings. The van der Waals surface area contributed by atoms with Crippen molar-refractivity contribution in [2.24, 2.45) is 0 Å². The Bertz CT molecular complexity index is 3810. The molecule has 13 aromatic rings. The highest BCUT2D eigenvalue weighted by Crippen LogP contribution is 2.56. The minimum Gasteiger partial charge on any atom is -0.455 e. The molecule has 0 radical (unpaired) electrons. The quantitative estimate of drug-likeness (QED) is 0.152. The molecule has 0 aliphatic carbocycles. The summed E-state index contributed by atoms with van der Waals surface area (Å²) in [7, 11) is 0. The maximum Gasteiger partial charge on any atom is 0.147 e. The fourth-order valence-electron chi connectivity index (χ4n) is 10.4. The van der Waals surface area contributed by atoms with E-state index in [-0.39, 0.29) is 0 Å². The molecule has 0 saturated carbocycles. The van der Waals surface area contributed by atoms with Crippen molar-refractivity contribution in [3.05, 3.63) is 255 Å². The third-order valence-corrected chi connectivity index (χ3v) is 13.5. The van der Waals surface area contributed by atoms with Crippen LogP contribution in [0.1, 0.15) is 0 Å². The lowest BCUT2D eigenvalue weighted by Crippen LogP contribution is -1.91. The fraction of sp³-hybridized carbons (Fsp3) is 0. The van der Waals surface area contributed by atoms with Gasteiger partial charge in [0.25, 0.3) is 0 Å². The molecule has 2 heteroatoms. The largest absolute Gasteiger partial charge is 0.455 e. The Morgan fingerprint density at radius 1 is 0.206 bits per heavy atom. The first-order valence-electron chi connectivity index (χ1n) is 23.2. The second-order valence-electron chi connectivity index (χ2n) is 17.4. The smallest absolute Gasteiger partial charge is 0.147 e. The van der Waals surface area contributed by atoms with Crippen molar-refractivity contribution < 1.29 is 8.83 Å². The molecule has 0 spiro atoms. The topological polar surface area (TPSA) is 26.3 Å². The summed E-state index contributed by atoms with van der Waals surface area (Å²) in [5.41, 5.74) is 16.5. The SMILES string of the molecule is c1ccc(-c2oc3c(-c4ccc(-c5cccc6ccccc56)cc4)c4oc(-c5ccccc5)c(-c5ccccc5)c4c(-c4ccc(-c5cccc6ccccc56)cc4)c3c2-c2ccccc2)cc1. The van der Waals surface area contributed by atoms with E-state index in [1.54, 1.807) is 0 Å². The number of furan rings is 2. The molecular formula is C66H42O2. The summed E-state index contributed by atoms with van der Waals surface area (Å²) in [6, 6.07) is 90.9. The Hall–Kier alpha value is -8.98. The molecule has 0 saturated heterocycles. The van der Waals surface area contributed by atoms with Gasteiger partial charge in [-0.15, -0.1) is 0 Å². The van der Waals surface area contributed by atoms with Crippen molar-refractivity contribution in [3.8, 4) is 89.4 Å². The normalized spacial score (nSPS) is 11.5. The molecule has 0 unspecified atom stereocenters. The number of hydrogen-bond acceptors (Lipinski definition) is 2. The van der Waals surface area contributed by atoms with Gasteiger partial charge in [-0.05, 0) is 66.1 Å². The lowest BCUT2D eigenvalue weighted by molar-refractivity contribution is 0.622. The van der Waals surface area contributed by atoms with E-state index in [1.807, 2.05) is 0 Å². The summed E-state index contributed by atoms with van der Waals surface area (Å²) < 4.78 is 15.0. The lowest BCUT2D eigenvalue weighted by atomic mass is 9.85. The van der Waals surface area contributed by atoms with Gasteiger partial charge in [0.15, 0.2) is 0 Å². The molecule has 0 amide bonds. The van der Waals surface area contributed by atoms with Crippen LogP contribution in [0.3, 0.4) is 0 Å². The average Bonchev–Trinajstić information content (AvgIpc) is 4.01. The highest BCUT2D eigenvalue weighted by Gasteiger charge is 2.32.